The number of nitrogens with zero attached hydrogens (tertiary/aromatic N) is 1. The molecular formula is C7H6ClFN2O. The number of pyridine rings is 1. The molecule has 2 N–H and O–H groups in total. The van der Waals surface area contributed by atoms with Gasteiger partial charge in [0.05, 0.1) is 11.3 Å². The highest BCUT2D eigenvalue weighted by Gasteiger charge is 2.11. The second-order valence-corrected chi connectivity index (χ2v) is 2.62. The van der Waals surface area contributed by atoms with Gasteiger partial charge in [-0.1, -0.05) is 11.6 Å². The Labute approximate surface area is 73.4 Å². The Morgan fingerprint density at radius 3 is 2.83 bits per heavy atom. The Morgan fingerprint density at radius 1 is 1.75 bits per heavy atom. The second-order valence-electron chi connectivity index (χ2n) is 2.26. The van der Waals surface area contributed by atoms with Gasteiger partial charge in [-0.25, -0.2) is 9.37 Å². The van der Waals surface area contributed by atoms with Crippen molar-refractivity contribution in [3.8, 4) is 0 Å². The first-order chi connectivity index (χ1) is 5.52. The molecule has 1 amide bonds. The zero-order valence-electron chi connectivity index (χ0n) is 6.27. The number of halogens is 2. The lowest BCUT2D eigenvalue weighted by atomic mass is 10.2. The number of aryl methyl sites for hydroxylation is 1. The number of amides is 1. The summed E-state index contributed by atoms with van der Waals surface area (Å²) < 4.78 is 12.8. The smallest absolute Gasteiger partial charge is 0.251 e. The molecular weight excluding hydrogens is 183 g/mol. The van der Waals surface area contributed by atoms with Crippen LogP contribution in [0, 0.1) is 12.7 Å². The summed E-state index contributed by atoms with van der Waals surface area (Å²) in [5.41, 5.74) is 4.95. The van der Waals surface area contributed by atoms with Crippen LogP contribution in [0.25, 0.3) is 0 Å². The Balaban J connectivity index is 3.33. The van der Waals surface area contributed by atoms with Crippen molar-refractivity contribution in [2.24, 2.45) is 5.73 Å². The van der Waals surface area contributed by atoms with E-state index in [0.29, 0.717) is 0 Å². The predicted molar refractivity (Wildman–Crippen MR) is 42.5 cm³/mol. The molecule has 0 aromatic carbocycles. The molecule has 0 fully saturated rings. The highest BCUT2D eigenvalue weighted by molar-refractivity contribution is 6.32. The fraction of sp³-hybridized carbons (Fsp3) is 0.143. The van der Waals surface area contributed by atoms with Gasteiger partial charge in [-0.15, -0.1) is 0 Å². The van der Waals surface area contributed by atoms with E-state index in [9.17, 15) is 9.18 Å². The first-order valence-corrected chi connectivity index (χ1v) is 3.52. The first kappa shape index (κ1) is 8.93. The molecule has 0 spiro atoms. The largest absolute Gasteiger partial charge is 0.366 e. The van der Waals surface area contributed by atoms with Gasteiger partial charge in [0.2, 0.25) is 0 Å². The van der Waals surface area contributed by atoms with E-state index >= 15 is 0 Å². The summed E-state index contributed by atoms with van der Waals surface area (Å²) in [4.78, 5) is 14.2. The number of rotatable bonds is 1. The molecule has 1 rings (SSSR count). The normalized spacial score (nSPS) is 9.92. The van der Waals surface area contributed by atoms with E-state index in [1.165, 1.54) is 6.92 Å². The van der Waals surface area contributed by atoms with Crippen LogP contribution >= 0.6 is 11.6 Å². The van der Waals surface area contributed by atoms with Crippen LogP contribution in [0.15, 0.2) is 6.07 Å². The minimum Gasteiger partial charge on any atom is -0.366 e. The SMILES string of the molecule is Cc1nc(Cl)c(C(N)=O)cc1F. The third-order valence-corrected chi connectivity index (χ3v) is 1.66. The number of carbonyl (C=O) groups excluding carboxylic acids is 1. The molecule has 0 radical (unpaired) electrons. The Morgan fingerprint density at radius 2 is 2.33 bits per heavy atom. The maximum Gasteiger partial charge on any atom is 0.251 e. The molecule has 0 saturated carbocycles. The van der Waals surface area contributed by atoms with E-state index < -0.39 is 11.7 Å². The van der Waals surface area contributed by atoms with E-state index in [0.717, 1.165) is 6.07 Å². The maximum atomic E-state index is 12.8. The molecule has 1 aromatic heterocycles. The van der Waals surface area contributed by atoms with Crippen LogP contribution < -0.4 is 5.73 Å². The molecule has 3 nitrogen and oxygen atoms in total. The van der Waals surface area contributed by atoms with E-state index in [1.807, 2.05) is 0 Å². The minimum atomic E-state index is -0.786. The number of primary amides is 1. The summed E-state index contributed by atoms with van der Waals surface area (Å²) in [5, 5.41) is -0.0681. The number of nitrogens with two attached hydrogens (primary N) is 1. The summed E-state index contributed by atoms with van der Waals surface area (Å²) in [6.07, 6.45) is 0. The van der Waals surface area contributed by atoms with Crippen molar-refractivity contribution in [2.75, 3.05) is 0 Å². The van der Waals surface area contributed by atoms with Crippen molar-refractivity contribution in [2.45, 2.75) is 6.92 Å². The van der Waals surface area contributed by atoms with Crippen LogP contribution in [0.1, 0.15) is 16.1 Å². The van der Waals surface area contributed by atoms with E-state index in [2.05, 4.69) is 4.98 Å². The van der Waals surface area contributed by atoms with Crippen LogP contribution in [0.2, 0.25) is 5.15 Å². The van der Waals surface area contributed by atoms with Gasteiger partial charge in [0.25, 0.3) is 5.91 Å². The molecule has 0 aliphatic rings. The quantitative estimate of drug-likeness (QED) is 0.675. The summed E-state index contributed by atoms with van der Waals surface area (Å²) in [5.74, 6) is -1.38. The number of hydrogen-bond acceptors (Lipinski definition) is 2. The van der Waals surface area contributed by atoms with E-state index in [1.54, 1.807) is 0 Å². The first-order valence-electron chi connectivity index (χ1n) is 3.15. The van der Waals surface area contributed by atoms with Gasteiger partial charge in [-0.2, -0.15) is 0 Å². The van der Waals surface area contributed by atoms with Crippen molar-refractivity contribution in [3.63, 3.8) is 0 Å². The Bertz CT molecular complexity index is 340. The monoisotopic (exact) mass is 188 g/mol. The molecule has 0 aliphatic carbocycles. The molecule has 0 saturated heterocycles. The molecule has 1 aromatic rings. The molecule has 0 atom stereocenters. The summed E-state index contributed by atoms with van der Waals surface area (Å²) in [6.45, 7) is 1.45. The zero-order valence-corrected chi connectivity index (χ0v) is 7.02. The van der Waals surface area contributed by atoms with Crippen molar-refractivity contribution < 1.29 is 9.18 Å². The second kappa shape index (κ2) is 3.06. The standard InChI is InChI=1S/C7H6ClFN2O/c1-3-5(9)2-4(7(10)12)6(8)11-3/h2H,1H3,(H2,10,12). The zero-order chi connectivity index (χ0) is 9.30. The van der Waals surface area contributed by atoms with Crippen molar-refractivity contribution >= 4 is 17.5 Å². The lowest BCUT2D eigenvalue weighted by Crippen LogP contribution is -2.13. The number of aromatic nitrogens is 1. The fourth-order valence-corrected chi connectivity index (χ4v) is 0.999. The van der Waals surface area contributed by atoms with E-state index in [4.69, 9.17) is 17.3 Å². The van der Waals surface area contributed by atoms with Gasteiger partial charge in [-0.05, 0) is 13.0 Å². The van der Waals surface area contributed by atoms with Gasteiger partial charge in [-0.3, -0.25) is 4.79 Å². The summed E-state index contributed by atoms with van der Waals surface area (Å²) in [6, 6.07) is 0.979. The molecule has 0 bridgehead atoms. The third-order valence-electron chi connectivity index (χ3n) is 1.37. The lowest BCUT2D eigenvalue weighted by molar-refractivity contribution is 0.0999. The molecule has 12 heavy (non-hydrogen) atoms. The molecule has 0 unspecified atom stereocenters. The van der Waals surface area contributed by atoms with E-state index in [-0.39, 0.29) is 16.4 Å². The van der Waals surface area contributed by atoms with Crippen LogP contribution in [0.3, 0.4) is 0 Å². The van der Waals surface area contributed by atoms with Gasteiger partial charge < -0.3 is 5.73 Å². The van der Waals surface area contributed by atoms with Crippen molar-refractivity contribution in [1.29, 1.82) is 0 Å². The average Bonchev–Trinajstić information content (AvgIpc) is 1.96. The van der Waals surface area contributed by atoms with Crippen LogP contribution in [0.5, 0.6) is 0 Å². The van der Waals surface area contributed by atoms with Crippen molar-refractivity contribution in [1.82, 2.24) is 4.98 Å². The van der Waals surface area contributed by atoms with Crippen molar-refractivity contribution in [3.05, 3.63) is 28.3 Å². The topological polar surface area (TPSA) is 56.0 Å². The average molecular weight is 189 g/mol. The van der Waals surface area contributed by atoms with Gasteiger partial charge in [0.1, 0.15) is 11.0 Å². The van der Waals surface area contributed by atoms with Crippen LogP contribution in [-0.2, 0) is 0 Å². The predicted octanol–water partition coefficient (Wildman–Crippen LogP) is 1.28. The Kier molecular flexibility index (Phi) is 2.28. The number of carbonyl (C=O) groups is 1. The van der Waals surface area contributed by atoms with Gasteiger partial charge in [0.15, 0.2) is 0 Å². The molecule has 0 aliphatic heterocycles. The lowest BCUT2D eigenvalue weighted by Gasteiger charge is -2.00. The van der Waals surface area contributed by atoms with Gasteiger partial charge >= 0.3 is 0 Å². The summed E-state index contributed by atoms with van der Waals surface area (Å²) >= 11 is 5.52. The number of hydrogen-bond donors (Lipinski definition) is 1. The molecule has 1 heterocycles. The molecule has 5 heteroatoms. The fourth-order valence-electron chi connectivity index (χ4n) is 0.724. The Hall–Kier alpha value is -1.16. The third kappa shape index (κ3) is 1.53. The van der Waals surface area contributed by atoms with Crippen LogP contribution in [0.4, 0.5) is 4.39 Å². The minimum absolute atomic E-state index is 0.0681. The molecule has 64 valence electrons. The van der Waals surface area contributed by atoms with Crippen LogP contribution in [-0.4, -0.2) is 10.9 Å². The maximum absolute atomic E-state index is 12.8. The summed E-state index contributed by atoms with van der Waals surface area (Å²) in [7, 11) is 0. The van der Waals surface area contributed by atoms with Gasteiger partial charge in [0, 0.05) is 0 Å². The highest BCUT2D eigenvalue weighted by Crippen LogP contribution is 2.15. The highest BCUT2D eigenvalue weighted by atomic mass is 35.5.